The predicted molar refractivity (Wildman–Crippen MR) is 144 cm³/mol. The third-order valence-electron chi connectivity index (χ3n) is 8.29. The number of hydrogen-bond donors (Lipinski definition) is 4. The molecule has 36 heavy (non-hydrogen) atoms. The molecule has 1 fully saturated rings. The summed E-state index contributed by atoms with van der Waals surface area (Å²) in [5.74, 6) is -0.449. The molecule has 0 radical (unpaired) electrons. The molecule has 0 spiro atoms. The maximum Gasteiger partial charge on any atom is 0.267 e. The second-order valence-electron chi connectivity index (χ2n) is 10.4. The Morgan fingerprint density at radius 1 is 1.19 bits per heavy atom. The van der Waals surface area contributed by atoms with E-state index in [0.29, 0.717) is 29.4 Å². The van der Waals surface area contributed by atoms with Gasteiger partial charge in [0.1, 0.15) is 0 Å². The summed E-state index contributed by atoms with van der Waals surface area (Å²) in [6.07, 6.45) is 1.62. The van der Waals surface area contributed by atoms with E-state index in [4.69, 9.17) is 4.98 Å². The smallest absolute Gasteiger partial charge is 0.267 e. The summed E-state index contributed by atoms with van der Waals surface area (Å²) in [6, 6.07) is 7.58. The summed E-state index contributed by atoms with van der Waals surface area (Å²) in [5, 5.41) is 31.7. The van der Waals surface area contributed by atoms with E-state index < -0.39 is 11.5 Å². The molecule has 0 saturated heterocycles. The standard InChI is InChI=1S/C26H31N3O4S3/c1-25-8-7-20(31)26(2,14-30)19(25)12-18-22(16(25)11-21(32)27-13-15-5-3-9-34-15)28-24(36-18)29-23(33)17-6-4-10-35-17/h3-6,9-10,16,19-20,30-31H,7-8,11-14H2,1-2H3,(H,27,32)(H,28,29,33). The van der Waals surface area contributed by atoms with Crippen LogP contribution in [0.15, 0.2) is 35.0 Å². The van der Waals surface area contributed by atoms with Crippen LogP contribution in [-0.4, -0.2) is 39.7 Å². The van der Waals surface area contributed by atoms with Gasteiger partial charge in [0.15, 0.2) is 5.13 Å². The molecule has 3 heterocycles. The zero-order valence-corrected chi connectivity index (χ0v) is 22.8. The molecular weight excluding hydrogens is 515 g/mol. The first kappa shape index (κ1) is 25.5. The summed E-state index contributed by atoms with van der Waals surface area (Å²) >= 11 is 4.42. The number of amides is 2. The number of rotatable bonds is 7. The average molecular weight is 546 g/mol. The summed E-state index contributed by atoms with van der Waals surface area (Å²) in [7, 11) is 0. The van der Waals surface area contributed by atoms with E-state index in [-0.39, 0.29) is 42.1 Å². The van der Waals surface area contributed by atoms with Gasteiger partial charge >= 0.3 is 0 Å². The quantitative estimate of drug-likeness (QED) is 0.346. The molecule has 0 bridgehead atoms. The van der Waals surface area contributed by atoms with Gasteiger partial charge in [0.05, 0.1) is 29.8 Å². The van der Waals surface area contributed by atoms with Crippen LogP contribution in [0.1, 0.15) is 64.1 Å². The molecule has 10 heteroatoms. The SMILES string of the molecule is CC1(CO)C(O)CCC2(C)C(CC(=O)NCc3cccs3)c3nc(NC(=O)c4cccs4)sc3CC12. The van der Waals surface area contributed by atoms with Crippen molar-refractivity contribution in [1.82, 2.24) is 10.3 Å². The van der Waals surface area contributed by atoms with Gasteiger partial charge in [0.2, 0.25) is 5.91 Å². The Kier molecular flexibility index (Phi) is 7.08. The molecule has 5 atom stereocenters. The summed E-state index contributed by atoms with van der Waals surface area (Å²) in [5.41, 5.74) is -0.142. The van der Waals surface area contributed by atoms with Gasteiger partial charge in [0, 0.05) is 27.5 Å². The van der Waals surface area contributed by atoms with Crippen LogP contribution < -0.4 is 10.6 Å². The molecule has 2 amide bonds. The van der Waals surface area contributed by atoms with Crippen molar-refractivity contribution in [3.05, 3.63) is 55.4 Å². The Morgan fingerprint density at radius 2 is 1.97 bits per heavy atom. The number of aliphatic hydroxyl groups excluding tert-OH is 2. The van der Waals surface area contributed by atoms with Gasteiger partial charge in [-0.25, -0.2) is 4.98 Å². The molecule has 2 aliphatic rings. The topological polar surface area (TPSA) is 112 Å². The highest BCUT2D eigenvalue weighted by molar-refractivity contribution is 7.16. The maximum absolute atomic E-state index is 13.2. The Labute approximate surface area is 222 Å². The molecule has 5 unspecified atom stereocenters. The average Bonchev–Trinajstić information content (AvgIpc) is 3.63. The number of aromatic nitrogens is 1. The highest BCUT2D eigenvalue weighted by Gasteiger charge is 2.59. The number of anilines is 1. The largest absolute Gasteiger partial charge is 0.396 e. The minimum atomic E-state index is -0.680. The summed E-state index contributed by atoms with van der Waals surface area (Å²) in [6.45, 7) is 4.50. The molecular formula is C26H31N3O4S3. The van der Waals surface area contributed by atoms with E-state index in [1.807, 2.05) is 35.9 Å². The van der Waals surface area contributed by atoms with Crippen LogP contribution in [0.4, 0.5) is 5.13 Å². The lowest BCUT2D eigenvalue weighted by Gasteiger charge is -2.58. The molecule has 192 valence electrons. The lowest BCUT2D eigenvalue weighted by atomic mass is 9.47. The number of thiazole rings is 1. The Morgan fingerprint density at radius 3 is 2.67 bits per heavy atom. The lowest BCUT2D eigenvalue weighted by molar-refractivity contribution is -0.144. The molecule has 0 aliphatic heterocycles. The molecule has 7 nitrogen and oxygen atoms in total. The third kappa shape index (κ3) is 4.54. The van der Waals surface area contributed by atoms with Crippen LogP contribution in [0.2, 0.25) is 0 Å². The zero-order chi connectivity index (χ0) is 25.5. The van der Waals surface area contributed by atoms with Crippen molar-refractivity contribution in [3.8, 4) is 0 Å². The van der Waals surface area contributed by atoms with Crippen LogP contribution in [0.3, 0.4) is 0 Å². The number of carbonyl (C=O) groups excluding carboxylic acids is 2. The van der Waals surface area contributed by atoms with E-state index in [9.17, 15) is 19.8 Å². The number of nitrogens with one attached hydrogen (secondary N) is 2. The van der Waals surface area contributed by atoms with E-state index in [1.165, 1.54) is 22.7 Å². The van der Waals surface area contributed by atoms with E-state index >= 15 is 0 Å². The summed E-state index contributed by atoms with van der Waals surface area (Å²) < 4.78 is 0. The first-order valence-electron chi connectivity index (χ1n) is 12.2. The van der Waals surface area contributed by atoms with Crippen molar-refractivity contribution >= 4 is 51.0 Å². The molecule has 3 aromatic rings. The highest BCUT2D eigenvalue weighted by atomic mass is 32.1. The zero-order valence-electron chi connectivity index (χ0n) is 20.3. The van der Waals surface area contributed by atoms with Crippen LogP contribution in [-0.2, 0) is 17.8 Å². The number of thiophene rings is 2. The van der Waals surface area contributed by atoms with E-state index in [1.54, 1.807) is 17.4 Å². The Hall–Kier alpha value is -2.11. The lowest BCUT2D eigenvalue weighted by Crippen LogP contribution is -2.57. The fourth-order valence-electron chi connectivity index (χ4n) is 6.12. The van der Waals surface area contributed by atoms with Crippen molar-refractivity contribution in [3.63, 3.8) is 0 Å². The van der Waals surface area contributed by atoms with Crippen molar-refractivity contribution in [2.75, 3.05) is 11.9 Å². The highest BCUT2D eigenvalue weighted by Crippen LogP contribution is 2.62. The third-order valence-corrected chi connectivity index (χ3v) is 11.0. The first-order chi connectivity index (χ1) is 17.2. The van der Waals surface area contributed by atoms with Gasteiger partial charge in [-0.15, -0.1) is 34.0 Å². The van der Waals surface area contributed by atoms with Gasteiger partial charge < -0.3 is 15.5 Å². The number of aliphatic hydroxyl groups is 2. The van der Waals surface area contributed by atoms with E-state index in [2.05, 4.69) is 17.6 Å². The second kappa shape index (κ2) is 9.98. The van der Waals surface area contributed by atoms with Gasteiger partial charge in [-0.2, -0.15) is 0 Å². The molecule has 0 aromatic carbocycles. The molecule has 3 aromatic heterocycles. The molecule has 4 N–H and O–H groups in total. The van der Waals surface area contributed by atoms with E-state index in [0.717, 1.165) is 21.9 Å². The fourth-order valence-corrected chi connectivity index (χ4v) is 8.45. The van der Waals surface area contributed by atoms with Crippen LogP contribution in [0.25, 0.3) is 0 Å². The maximum atomic E-state index is 13.2. The van der Waals surface area contributed by atoms with Crippen molar-refractivity contribution < 1.29 is 19.8 Å². The monoisotopic (exact) mass is 545 g/mol. The molecule has 2 aliphatic carbocycles. The molecule has 5 rings (SSSR count). The van der Waals surface area contributed by atoms with Crippen LogP contribution in [0, 0.1) is 16.7 Å². The van der Waals surface area contributed by atoms with Crippen LogP contribution >= 0.6 is 34.0 Å². The minimum absolute atomic E-state index is 0.0253. The van der Waals surface area contributed by atoms with Crippen molar-refractivity contribution in [2.45, 2.75) is 58.1 Å². The number of fused-ring (bicyclic) bond motifs is 2. The normalized spacial score (nSPS) is 29.3. The second-order valence-corrected chi connectivity index (χ2v) is 13.4. The van der Waals surface area contributed by atoms with Crippen molar-refractivity contribution in [1.29, 1.82) is 0 Å². The fraction of sp³-hybridized carbons (Fsp3) is 0.500. The van der Waals surface area contributed by atoms with Gasteiger partial charge in [-0.05, 0) is 53.5 Å². The number of hydrogen-bond acceptors (Lipinski definition) is 8. The first-order valence-corrected chi connectivity index (χ1v) is 14.7. The van der Waals surface area contributed by atoms with Gasteiger partial charge in [-0.1, -0.05) is 26.0 Å². The van der Waals surface area contributed by atoms with Crippen molar-refractivity contribution in [2.24, 2.45) is 16.7 Å². The molecule has 1 saturated carbocycles. The minimum Gasteiger partial charge on any atom is -0.396 e. The van der Waals surface area contributed by atoms with Gasteiger partial charge in [-0.3, -0.25) is 14.9 Å². The van der Waals surface area contributed by atoms with Gasteiger partial charge in [0.25, 0.3) is 5.91 Å². The Balaban J connectivity index is 1.46. The predicted octanol–water partition coefficient (Wildman–Crippen LogP) is 4.64. The number of nitrogens with zero attached hydrogens (tertiary/aromatic N) is 1. The Bertz CT molecular complexity index is 1230. The number of carbonyl (C=O) groups is 2. The summed E-state index contributed by atoms with van der Waals surface area (Å²) in [4.78, 5) is 33.4. The van der Waals surface area contributed by atoms with Crippen LogP contribution in [0.5, 0.6) is 0 Å².